The van der Waals surface area contributed by atoms with Crippen LogP contribution >= 0.6 is 0 Å². The lowest BCUT2D eigenvalue weighted by Gasteiger charge is -2.23. The Morgan fingerprint density at radius 3 is 2.14 bits per heavy atom. The van der Waals surface area contributed by atoms with Crippen molar-refractivity contribution < 1.29 is 9.53 Å². The van der Waals surface area contributed by atoms with Crippen molar-refractivity contribution in [3.8, 4) is 0 Å². The molecule has 0 aliphatic rings. The van der Waals surface area contributed by atoms with Crippen LogP contribution in [-0.2, 0) is 9.53 Å². The third-order valence-electron chi connectivity index (χ3n) is 2.48. The maximum Gasteiger partial charge on any atom is 0.323 e. The van der Waals surface area contributed by atoms with Gasteiger partial charge in [0.25, 0.3) is 0 Å². The fourth-order valence-corrected chi connectivity index (χ4v) is 1.65. The van der Waals surface area contributed by atoms with Gasteiger partial charge in [-0.2, -0.15) is 0 Å². The SMILES string of the molecule is CCNC(C(=O)OCC)C(CC)CC. The zero-order valence-electron chi connectivity index (χ0n) is 9.80. The third kappa shape index (κ3) is 4.09. The minimum atomic E-state index is -0.130. The second kappa shape index (κ2) is 7.80. The largest absolute Gasteiger partial charge is 0.465 e. The van der Waals surface area contributed by atoms with Gasteiger partial charge in [-0.25, -0.2) is 0 Å². The van der Waals surface area contributed by atoms with Crippen LogP contribution in [0.25, 0.3) is 0 Å². The lowest BCUT2D eigenvalue weighted by atomic mass is 9.94. The number of carbonyl (C=O) groups excluding carboxylic acids is 1. The predicted octanol–water partition coefficient (Wildman–Crippen LogP) is 1.96. The molecule has 0 saturated carbocycles. The van der Waals surface area contributed by atoms with E-state index in [4.69, 9.17) is 4.74 Å². The zero-order valence-corrected chi connectivity index (χ0v) is 9.80. The van der Waals surface area contributed by atoms with E-state index in [1.807, 2.05) is 13.8 Å². The summed E-state index contributed by atoms with van der Waals surface area (Å²) in [5.74, 6) is 0.275. The van der Waals surface area contributed by atoms with Crippen LogP contribution < -0.4 is 5.32 Å². The maximum atomic E-state index is 11.6. The Morgan fingerprint density at radius 1 is 1.21 bits per heavy atom. The van der Waals surface area contributed by atoms with Crippen molar-refractivity contribution in [2.45, 2.75) is 46.6 Å². The van der Waals surface area contributed by atoms with Crippen LogP contribution in [0.2, 0.25) is 0 Å². The Bertz CT molecular complexity index is 155. The number of carbonyl (C=O) groups is 1. The molecule has 0 aliphatic heterocycles. The van der Waals surface area contributed by atoms with Gasteiger partial charge in [0, 0.05) is 0 Å². The minimum Gasteiger partial charge on any atom is -0.465 e. The summed E-state index contributed by atoms with van der Waals surface area (Å²) in [7, 11) is 0. The number of rotatable bonds is 7. The summed E-state index contributed by atoms with van der Waals surface area (Å²) in [6.07, 6.45) is 2.01. The van der Waals surface area contributed by atoms with Crippen molar-refractivity contribution in [1.29, 1.82) is 0 Å². The molecule has 1 atom stereocenters. The van der Waals surface area contributed by atoms with Crippen molar-refractivity contribution in [3.63, 3.8) is 0 Å². The molecule has 3 nitrogen and oxygen atoms in total. The van der Waals surface area contributed by atoms with E-state index in [1.165, 1.54) is 0 Å². The second-order valence-corrected chi connectivity index (χ2v) is 3.36. The Hall–Kier alpha value is -0.570. The molecule has 0 fully saturated rings. The topological polar surface area (TPSA) is 38.3 Å². The van der Waals surface area contributed by atoms with Gasteiger partial charge in [-0.15, -0.1) is 0 Å². The highest BCUT2D eigenvalue weighted by atomic mass is 16.5. The van der Waals surface area contributed by atoms with Gasteiger partial charge in [0.2, 0.25) is 0 Å². The lowest BCUT2D eigenvalue weighted by molar-refractivity contribution is -0.147. The summed E-state index contributed by atoms with van der Waals surface area (Å²) in [5, 5.41) is 3.19. The van der Waals surface area contributed by atoms with Crippen molar-refractivity contribution in [1.82, 2.24) is 5.32 Å². The van der Waals surface area contributed by atoms with Gasteiger partial charge in [-0.1, -0.05) is 33.6 Å². The van der Waals surface area contributed by atoms with Crippen LogP contribution in [0, 0.1) is 5.92 Å². The van der Waals surface area contributed by atoms with Crippen LogP contribution in [-0.4, -0.2) is 25.2 Å². The molecule has 0 aromatic rings. The van der Waals surface area contributed by atoms with Crippen molar-refractivity contribution in [2.24, 2.45) is 5.92 Å². The highest BCUT2D eigenvalue weighted by Gasteiger charge is 2.25. The third-order valence-corrected chi connectivity index (χ3v) is 2.48. The van der Waals surface area contributed by atoms with E-state index >= 15 is 0 Å². The van der Waals surface area contributed by atoms with Gasteiger partial charge in [0.15, 0.2) is 0 Å². The van der Waals surface area contributed by atoms with Crippen LogP contribution in [0.15, 0.2) is 0 Å². The molecule has 0 bridgehead atoms. The molecule has 1 N–H and O–H groups in total. The summed E-state index contributed by atoms with van der Waals surface area (Å²) in [6, 6.07) is -0.130. The molecule has 3 heteroatoms. The van der Waals surface area contributed by atoms with E-state index in [0.29, 0.717) is 12.5 Å². The zero-order chi connectivity index (χ0) is 11.0. The molecule has 84 valence electrons. The Morgan fingerprint density at radius 2 is 1.79 bits per heavy atom. The molecule has 0 spiro atoms. The van der Waals surface area contributed by atoms with Gasteiger partial charge < -0.3 is 10.1 Å². The molecule has 0 aromatic carbocycles. The number of esters is 1. The molecule has 0 heterocycles. The van der Waals surface area contributed by atoms with Gasteiger partial charge in [0.05, 0.1) is 6.61 Å². The monoisotopic (exact) mass is 201 g/mol. The molecule has 0 amide bonds. The van der Waals surface area contributed by atoms with E-state index < -0.39 is 0 Å². The Labute approximate surface area is 87.2 Å². The quantitative estimate of drug-likeness (QED) is 0.640. The van der Waals surface area contributed by atoms with Crippen LogP contribution in [0.4, 0.5) is 0 Å². The first-order valence-corrected chi connectivity index (χ1v) is 5.61. The van der Waals surface area contributed by atoms with Gasteiger partial charge in [0.1, 0.15) is 6.04 Å². The first kappa shape index (κ1) is 13.4. The van der Waals surface area contributed by atoms with Crippen LogP contribution in [0.3, 0.4) is 0 Å². The fraction of sp³-hybridized carbons (Fsp3) is 0.909. The highest BCUT2D eigenvalue weighted by molar-refractivity contribution is 5.76. The number of likely N-dealkylation sites (N-methyl/N-ethyl adjacent to an activating group) is 1. The smallest absolute Gasteiger partial charge is 0.323 e. The van der Waals surface area contributed by atoms with Gasteiger partial charge in [-0.05, 0) is 19.4 Å². The number of nitrogens with one attached hydrogen (secondary N) is 1. The normalized spacial score (nSPS) is 12.9. The predicted molar refractivity (Wildman–Crippen MR) is 58.2 cm³/mol. The van der Waals surface area contributed by atoms with E-state index in [0.717, 1.165) is 19.4 Å². The van der Waals surface area contributed by atoms with E-state index in [9.17, 15) is 4.79 Å². The summed E-state index contributed by atoms with van der Waals surface area (Å²) >= 11 is 0. The molecular weight excluding hydrogens is 178 g/mol. The van der Waals surface area contributed by atoms with Gasteiger partial charge in [-0.3, -0.25) is 4.79 Å². The van der Waals surface area contributed by atoms with Crippen molar-refractivity contribution in [3.05, 3.63) is 0 Å². The van der Waals surface area contributed by atoms with E-state index in [1.54, 1.807) is 0 Å². The first-order chi connectivity index (χ1) is 6.71. The molecule has 0 saturated heterocycles. The molecular formula is C11H23NO2. The Balaban J connectivity index is 4.31. The number of hydrogen-bond donors (Lipinski definition) is 1. The maximum absolute atomic E-state index is 11.6. The molecule has 1 unspecified atom stereocenters. The lowest BCUT2D eigenvalue weighted by Crippen LogP contribution is -2.43. The summed E-state index contributed by atoms with van der Waals surface area (Å²) in [6.45, 7) is 9.33. The molecule has 0 aliphatic carbocycles. The first-order valence-electron chi connectivity index (χ1n) is 5.61. The summed E-state index contributed by atoms with van der Waals surface area (Å²) in [4.78, 5) is 11.6. The molecule has 0 radical (unpaired) electrons. The van der Waals surface area contributed by atoms with E-state index in [-0.39, 0.29) is 12.0 Å². The molecule has 14 heavy (non-hydrogen) atoms. The number of ether oxygens (including phenoxy) is 1. The number of hydrogen-bond acceptors (Lipinski definition) is 3. The second-order valence-electron chi connectivity index (χ2n) is 3.36. The summed E-state index contributed by atoms with van der Waals surface area (Å²) < 4.78 is 5.04. The Kier molecular flexibility index (Phi) is 7.48. The highest BCUT2D eigenvalue weighted by Crippen LogP contribution is 2.14. The minimum absolute atomic E-state index is 0.108. The molecule has 0 aromatic heterocycles. The van der Waals surface area contributed by atoms with Gasteiger partial charge >= 0.3 is 5.97 Å². The van der Waals surface area contributed by atoms with E-state index in [2.05, 4.69) is 19.2 Å². The fourth-order valence-electron chi connectivity index (χ4n) is 1.65. The average Bonchev–Trinajstić information content (AvgIpc) is 2.18. The standard InChI is InChI=1S/C11H23NO2/c1-5-9(6-2)10(12-7-3)11(13)14-8-4/h9-10,12H,5-8H2,1-4H3. The van der Waals surface area contributed by atoms with Crippen molar-refractivity contribution >= 4 is 5.97 Å². The molecule has 0 rings (SSSR count). The van der Waals surface area contributed by atoms with Crippen LogP contribution in [0.1, 0.15) is 40.5 Å². The summed E-state index contributed by atoms with van der Waals surface area (Å²) in [5.41, 5.74) is 0. The van der Waals surface area contributed by atoms with Crippen LogP contribution in [0.5, 0.6) is 0 Å². The average molecular weight is 201 g/mol. The van der Waals surface area contributed by atoms with Crippen molar-refractivity contribution in [2.75, 3.05) is 13.2 Å².